The number of fused-ring (bicyclic) bond motifs is 1. The molecule has 6 heteroatoms. The lowest BCUT2D eigenvalue weighted by molar-refractivity contribution is 0.171. The largest absolute Gasteiger partial charge is 0.388 e. The zero-order valence-electron chi connectivity index (χ0n) is 13.4. The van der Waals surface area contributed by atoms with Gasteiger partial charge >= 0.3 is 0 Å². The number of benzene rings is 1. The van der Waals surface area contributed by atoms with Crippen LogP contribution in [0.5, 0.6) is 0 Å². The molecular weight excluding hydrogens is 290 g/mol. The molecular formula is C17H21N5O. The molecule has 1 aromatic carbocycles. The van der Waals surface area contributed by atoms with Gasteiger partial charge in [0.05, 0.1) is 11.8 Å². The number of aryl methyl sites for hydroxylation is 2. The maximum absolute atomic E-state index is 10.2. The molecule has 0 aliphatic carbocycles. The van der Waals surface area contributed by atoms with Gasteiger partial charge in [0.1, 0.15) is 17.4 Å². The van der Waals surface area contributed by atoms with Crippen molar-refractivity contribution in [3.05, 3.63) is 47.9 Å². The lowest BCUT2D eigenvalue weighted by Gasteiger charge is -2.12. The molecule has 0 amide bonds. The Morgan fingerprint density at radius 3 is 2.74 bits per heavy atom. The Balaban J connectivity index is 1.72. The summed E-state index contributed by atoms with van der Waals surface area (Å²) in [6.45, 7) is 5.38. The molecule has 2 aromatic heterocycles. The van der Waals surface area contributed by atoms with E-state index in [1.807, 2.05) is 48.9 Å². The van der Waals surface area contributed by atoms with Crippen molar-refractivity contribution in [1.29, 1.82) is 0 Å². The molecule has 2 N–H and O–H groups in total. The highest BCUT2D eigenvalue weighted by Crippen LogP contribution is 2.22. The Bertz CT molecular complexity index is 784. The van der Waals surface area contributed by atoms with E-state index in [1.165, 1.54) is 0 Å². The molecule has 0 spiro atoms. The summed E-state index contributed by atoms with van der Waals surface area (Å²) in [6.07, 6.45) is 1.67. The van der Waals surface area contributed by atoms with E-state index in [4.69, 9.17) is 0 Å². The molecule has 120 valence electrons. The van der Waals surface area contributed by atoms with Gasteiger partial charge in [-0.1, -0.05) is 30.3 Å². The lowest BCUT2D eigenvalue weighted by Crippen LogP contribution is -2.10. The maximum atomic E-state index is 10.2. The second-order valence-corrected chi connectivity index (χ2v) is 5.46. The average molecular weight is 311 g/mol. The number of nitrogens with zero attached hydrogens (tertiary/aromatic N) is 4. The van der Waals surface area contributed by atoms with Crippen LogP contribution in [0.1, 0.15) is 30.7 Å². The fraction of sp³-hybridized carbons (Fsp3) is 0.353. The van der Waals surface area contributed by atoms with E-state index in [-0.39, 0.29) is 0 Å². The zero-order chi connectivity index (χ0) is 16.2. The topological polar surface area (TPSA) is 75.9 Å². The fourth-order valence-electron chi connectivity index (χ4n) is 2.69. The molecule has 0 saturated heterocycles. The minimum atomic E-state index is -0.487. The van der Waals surface area contributed by atoms with Gasteiger partial charge in [0, 0.05) is 13.1 Å². The quantitative estimate of drug-likeness (QED) is 0.732. The third-order valence-corrected chi connectivity index (χ3v) is 3.89. The Morgan fingerprint density at radius 1 is 1.22 bits per heavy atom. The van der Waals surface area contributed by atoms with Crippen LogP contribution < -0.4 is 5.32 Å². The highest BCUT2D eigenvalue weighted by molar-refractivity contribution is 5.87. The first-order valence-electron chi connectivity index (χ1n) is 7.85. The second-order valence-electron chi connectivity index (χ2n) is 5.46. The summed E-state index contributed by atoms with van der Waals surface area (Å²) < 4.78 is 1.90. The molecule has 0 unspecified atom stereocenters. The third-order valence-electron chi connectivity index (χ3n) is 3.89. The van der Waals surface area contributed by atoms with E-state index < -0.39 is 6.10 Å². The van der Waals surface area contributed by atoms with Crippen molar-refractivity contribution in [2.24, 2.45) is 0 Å². The Morgan fingerprint density at radius 2 is 2.00 bits per heavy atom. The van der Waals surface area contributed by atoms with Crippen molar-refractivity contribution in [2.75, 3.05) is 11.9 Å². The zero-order valence-corrected chi connectivity index (χ0v) is 13.4. The molecule has 3 rings (SSSR count). The van der Waals surface area contributed by atoms with Gasteiger partial charge in [-0.3, -0.25) is 4.68 Å². The molecule has 23 heavy (non-hydrogen) atoms. The summed E-state index contributed by atoms with van der Waals surface area (Å²) >= 11 is 0. The van der Waals surface area contributed by atoms with E-state index >= 15 is 0 Å². The van der Waals surface area contributed by atoms with Gasteiger partial charge in [-0.25, -0.2) is 9.97 Å². The predicted octanol–water partition coefficient (Wildman–Crippen LogP) is 2.69. The van der Waals surface area contributed by atoms with Crippen LogP contribution in [0, 0.1) is 6.92 Å². The van der Waals surface area contributed by atoms with Crippen molar-refractivity contribution >= 4 is 16.9 Å². The van der Waals surface area contributed by atoms with Gasteiger partial charge in [-0.15, -0.1) is 0 Å². The van der Waals surface area contributed by atoms with Crippen LogP contribution >= 0.6 is 0 Å². The molecule has 0 radical (unpaired) electrons. The summed E-state index contributed by atoms with van der Waals surface area (Å²) in [4.78, 5) is 8.65. The van der Waals surface area contributed by atoms with E-state index in [0.717, 1.165) is 34.7 Å². The van der Waals surface area contributed by atoms with Crippen molar-refractivity contribution in [2.45, 2.75) is 32.9 Å². The molecule has 0 bridgehead atoms. The number of aromatic nitrogens is 4. The summed E-state index contributed by atoms with van der Waals surface area (Å²) in [5.41, 5.74) is 3.61. The van der Waals surface area contributed by atoms with E-state index in [1.54, 1.807) is 6.33 Å². The highest BCUT2D eigenvalue weighted by Gasteiger charge is 2.13. The van der Waals surface area contributed by atoms with Crippen molar-refractivity contribution in [3.63, 3.8) is 0 Å². The molecule has 0 saturated carbocycles. The van der Waals surface area contributed by atoms with Gasteiger partial charge in [0.25, 0.3) is 0 Å². The van der Waals surface area contributed by atoms with Crippen LogP contribution in [0.3, 0.4) is 0 Å². The van der Waals surface area contributed by atoms with Crippen LogP contribution in [0.4, 0.5) is 5.82 Å². The molecule has 2 heterocycles. The van der Waals surface area contributed by atoms with Crippen LogP contribution in [0.15, 0.2) is 36.7 Å². The number of anilines is 1. The van der Waals surface area contributed by atoms with Gasteiger partial charge in [0.2, 0.25) is 0 Å². The van der Waals surface area contributed by atoms with E-state index in [9.17, 15) is 5.11 Å². The van der Waals surface area contributed by atoms with Gasteiger partial charge in [-0.05, 0) is 25.8 Å². The number of aliphatic hydroxyl groups excluding tert-OH is 1. The first-order valence-corrected chi connectivity index (χ1v) is 7.85. The number of rotatable bonds is 6. The Hall–Kier alpha value is -2.47. The Labute approximate surface area is 135 Å². The minimum Gasteiger partial charge on any atom is -0.388 e. The Kier molecular flexibility index (Phi) is 4.52. The van der Waals surface area contributed by atoms with Crippen molar-refractivity contribution < 1.29 is 5.11 Å². The molecule has 0 aliphatic rings. The predicted molar refractivity (Wildman–Crippen MR) is 90.2 cm³/mol. The third kappa shape index (κ3) is 3.17. The number of aliphatic hydroxyl groups is 1. The van der Waals surface area contributed by atoms with Crippen LogP contribution in [0.2, 0.25) is 0 Å². The van der Waals surface area contributed by atoms with E-state index in [0.29, 0.717) is 13.0 Å². The molecule has 6 nitrogen and oxygen atoms in total. The molecule has 1 atom stereocenters. The molecule has 3 aromatic rings. The number of hydrogen-bond acceptors (Lipinski definition) is 5. The monoisotopic (exact) mass is 311 g/mol. The normalized spacial score (nSPS) is 12.5. The van der Waals surface area contributed by atoms with Gasteiger partial charge in [-0.2, -0.15) is 5.10 Å². The summed E-state index contributed by atoms with van der Waals surface area (Å²) in [7, 11) is 0. The van der Waals surface area contributed by atoms with E-state index in [2.05, 4.69) is 20.4 Å². The number of nitrogens with one attached hydrogen (secondary N) is 1. The van der Waals surface area contributed by atoms with Crippen LogP contribution in [-0.4, -0.2) is 31.4 Å². The summed E-state index contributed by atoms with van der Waals surface area (Å²) in [6, 6.07) is 9.68. The van der Waals surface area contributed by atoms with Crippen molar-refractivity contribution in [3.8, 4) is 0 Å². The lowest BCUT2D eigenvalue weighted by atomic mass is 10.1. The van der Waals surface area contributed by atoms with Gasteiger partial charge < -0.3 is 10.4 Å². The van der Waals surface area contributed by atoms with Crippen molar-refractivity contribution in [1.82, 2.24) is 19.7 Å². The van der Waals surface area contributed by atoms with Gasteiger partial charge in [0.15, 0.2) is 5.82 Å². The maximum Gasteiger partial charge on any atom is 0.155 e. The second kappa shape index (κ2) is 6.75. The molecule has 0 fully saturated rings. The average Bonchev–Trinajstić information content (AvgIpc) is 2.93. The summed E-state index contributed by atoms with van der Waals surface area (Å²) in [5.74, 6) is 0.762. The minimum absolute atomic E-state index is 0.487. The standard InChI is InChI=1S/C17H21N5O/c1-3-22-16-15(12(2)21-22)19-11-20-17(16)18-10-9-14(23)13-7-5-4-6-8-13/h4-8,11,14,23H,3,9-10H2,1-2H3,(H,18,19,20)/t14-/m1/s1. The SMILES string of the molecule is CCn1nc(C)c2ncnc(NCC[C@@H](O)c3ccccc3)c21. The fourth-order valence-corrected chi connectivity index (χ4v) is 2.69. The van der Waals surface area contributed by atoms with Crippen LogP contribution in [0.25, 0.3) is 11.0 Å². The number of hydrogen-bond donors (Lipinski definition) is 2. The van der Waals surface area contributed by atoms with Crippen LogP contribution in [-0.2, 0) is 6.54 Å². The summed E-state index contributed by atoms with van der Waals surface area (Å²) in [5, 5.41) is 18.0. The highest BCUT2D eigenvalue weighted by atomic mass is 16.3. The first-order chi connectivity index (χ1) is 11.2. The first kappa shape index (κ1) is 15.4. The smallest absolute Gasteiger partial charge is 0.155 e. The molecule has 0 aliphatic heterocycles.